The quantitative estimate of drug-likeness (QED) is 0.171. The summed E-state index contributed by atoms with van der Waals surface area (Å²) in [4.78, 5) is 16.8. The summed E-state index contributed by atoms with van der Waals surface area (Å²) in [6.45, 7) is 0. The number of benzene rings is 1. The van der Waals surface area contributed by atoms with Gasteiger partial charge < -0.3 is 0 Å². The molecule has 138 valence electrons. The molecule has 0 spiro atoms. The number of aromatic nitrogens is 3. The van der Waals surface area contributed by atoms with Crippen LogP contribution in [-0.2, 0) is 0 Å². The first-order chi connectivity index (χ1) is 13.8. The summed E-state index contributed by atoms with van der Waals surface area (Å²) in [5, 5.41) is 5.04. The molecule has 0 saturated carbocycles. The third-order valence-corrected chi connectivity index (χ3v) is 7.80. The molecule has 4 heterocycles. The highest BCUT2D eigenvalue weighted by Crippen LogP contribution is 2.43. The molecule has 5 rings (SSSR count). The first-order valence-corrected chi connectivity index (χ1v) is 12.8. The van der Waals surface area contributed by atoms with Crippen LogP contribution in [0.5, 0.6) is 0 Å². The number of hydrogen-bond acceptors (Lipinski definition) is 7. The Labute approximate surface area is 179 Å². The van der Waals surface area contributed by atoms with E-state index in [1.165, 1.54) is 16.0 Å². The Bertz CT molecular complexity index is 1280. The molecule has 0 fully saturated rings. The van der Waals surface area contributed by atoms with E-state index in [4.69, 9.17) is 15.0 Å². The van der Waals surface area contributed by atoms with Crippen molar-refractivity contribution in [1.29, 1.82) is 0 Å². The molecule has 28 heavy (non-hydrogen) atoms. The van der Waals surface area contributed by atoms with Gasteiger partial charge in [0.25, 0.3) is 0 Å². The van der Waals surface area contributed by atoms with Crippen molar-refractivity contribution in [3.05, 3.63) is 53.9 Å². The van der Waals surface area contributed by atoms with Crippen LogP contribution in [0.2, 0.25) is 0 Å². The van der Waals surface area contributed by atoms with Crippen molar-refractivity contribution >= 4 is 66.6 Å². The fourth-order valence-corrected chi connectivity index (χ4v) is 6.19. The van der Waals surface area contributed by atoms with E-state index in [9.17, 15) is 0 Å². The summed E-state index contributed by atoms with van der Waals surface area (Å²) < 4.78 is 1.12. The van der Waals surface area contributed by atoms with E-state index in [-0.39, 0.29) is 0 Å². The molecule has 0 aliphatic heterocycles. The van der Waals surface area contributed by atoms with Crippen LogP contribution < -0.4 is 0 Å². The molecule has 0 aliphatic rings. The smallest absolute Gasteiger partial charge is 0.189 e. The monoisotopic (exact) mass is 437 g/mol. The Kier molecular flexibility index (Phi) is 4.84. The van der Waals surface area contributed by atoms with Gasteiger partial charge in [0.15, 0.2) is 5.16 Å². The summed E-state index contributed by atoms with van der Waals surface area (Å²) in [5.74, 6) is 0. The number of rotatable bonds is 4. The summed E-state index contributed by atoms with van der Waals surface area (Å²) in [6, 6.07) is 16.9. The Hall–Kier alpha value is -1.93. The van der Waals surface area contributed by atoms with E-state index in [0.29, 0.717) is 0 Å². The molecule has 3 nitrogen and oxygen atoms in total. The van der Waals surface area contributed by atoms with Crippen LogP contribution in [0.25, 0.3) is 42.1 Å². The van der Waals surface area contributed by atoms with Crippen LogP contribution in [0.3, 0.4) is 0 Å². The lowest BCUT2D eigenvalue weighted by atomic mass is 10.0. The largest absolute Gasteiger partial charge is 0.236 e. The van der Waals surface area contributed by atoms with Gasteiger partial charge in [0, 0.05) is 5.39 Å². The predicted octanol–water partition coefficient (Wildman–Crippen LogP) is 7.08. The van der Waals surface area contributed by atoms with E-state index in [0.717, 1.165) is 36.3 Å². The van der Waals surface area contributed by atoms with E-state index in [2.05, 4.69) is 54.1 Å². The molecule has 0 aliphatic carbocycles. The van der Waals surface area contributed by atoms with Crippen LogP contribution in [0.15, 0.2) is 64.1 Å². The van der Waals surface area contributed by atoms with Crippen molar-refractivity contribution in [2.75, 3.05) is 12.5 Å². The first kappa shape index (κ1) is 18.1. The summed E-state index contributed by atoms with van der Waals surface area (Å²) in [7, 11) is 0. The first-order valence-electron chi connectivity index (χ1n) is 8.61. The second-order valence-corrected chi connectivity index (χ2v) is 9.59. The normalized spacial score (nSPS) is 11.5. The van der Waals surface area contributed by atoms with Crippen molar-refractivity contribution in [3.63, 3.8) is 0 Å². The average molecular weight is 438 g/mol. The highest BCUT2D eigenvalue weighted by molar-refractivity contribution is 7.99. The fraction of sp³-hybridized carbons (Fsp3) is 0.0952. The van der Waals surface area contributed by atoms with Gasteiger partial charge in [0.05, 0.1) is 20.8 Å². The molecule has 4 aromatic heterocycles. The number of nitrogens with zero attached hydrogens (tertiary/aromatic N) is 3. The topological polar surface area (TPSA) is 38.7 Å². The molecular weight excluding hydrogens is 423 g/mol. The number of pyridine rings is 1. The maximum atomic E-state index is 5.02. The lowest BCUT2D eigenvalue weighted by molar-refractivity contribution is 0.941. The van der Waals surface area contributed by atoms with Gasteiger partial charge >= 0.3 is 0 Å². The molecule has 1 aromatic carbocycles. The van der Waals surface area contributed by atoms with Crippen molar-refractivity contribution in [3.8, 4) is 21.7 Å². The van der Waals surface area contributed by atoms with Crippen LogP contribution in [0, 0.1) is 0 Å². The van der Waals surface area contributed by atoms with Gasteiger partial charge in [-0.2, -0.15) is 0 Å². The lowest BCUT2D eigenvalue weighted by Crippen LogP contribution is -1.90. The summed E-state index contributed by atoms with van der Waals surface area (Å²) >= 11 is 6.65. The zero-order chi connectivity index (χ0) is 19.1. The number of thioether (sulfide) groups is 2. The SMILES string of the molecule is CSc1nc(SC)c2sc3nc(-c4cccs4)cc(-c4ccccc4)c3c2n1. The Morgan fingerprint density at radius 3 is 2.46 bits per heavy atom. The zero-order valence-electron chi connectivity index (χ0n) is 15.2. The highest BCUT2D eigenvalue weighted by atomic mass is 32.2. The number of hydrogen-bond donors (Lipinski definition) is 0. The van der Waals surface area contributed by atoms with Gasteiger partial charge in [-0.25, -0.2) is 15.0 Å². The standard InChI is InChI=1S/C21H15N3S4/c1-25-20-18-17(23-21(24-20)26-2)16-13(12-7-4-3-5-8-12)11-14(22-19(16)28-18)15-9-6-10-27-15/h3-11H,1-2H3. The zero-order valence-corrected chi connectivity index (χ0v) is 18.4. The maximum Gasteiger partial charge on any atom is 0.189 e. The lowest BCUT2D eigenvalue weighted by Gasteiger charge is -2.07. The van der Waals surface area contributed by atoms with Crippen LogP contribution in [-0.4, -0.2) is 27.5 Å². The van der Waals surface area contributed by atoms with Crippen LogP contribution in [0.1, 0.15) is 0 Å². The van der Waals surface area contributed by atoms with E-state index < -0.39 is 0 Å². The second-order valence-electron chi connectivity index (χ2n) is 6.08. The maximum absolute atomic E-state index is 5.02. The predicted molar refractivity (Wildman–Crippen MR) is 125 cm³/mol. The van der Waals surface area contributed by atoms with Crippen molar-refractivity contribution in [2.45, 2.75) is 10.2 Å². The fourth-order valence-electron chi connectivity index (χ4n) is 3.22. The molecule has 0 amide bonds. The summed E-state index contributed by atoms with van der Waals surface area (Å²) in [6.07, 6.45) is 4.09. The minimum absolute atomic E-state index is 0.804. The summed E-state index contributed by atoms with van der Waals surface area (Å²) in [5.41, 5.74) is 4.38. The molecule has 0 N–H and O–H groups in total. The van der Waals surface area contributed by atoms with Crippen molar-refractivity contribution in [1.82, 2.24) is 15.0 Å². The van der Waals surface area contributed by atoms with E-state index in [1.54, 1.807) is 46.2 Å². The van der Waals surface area contributed by atoms with Gasteiger partial charge in [-0.05, 0) is 41.2 Å². The molecular formula is C21H15N3S4. The Balaban J connectivity index is 1.92. The average Bonchev–Trinajstić information content (AvgIpc) is 3.41. The minimum Gasteiger partial charge on any atom is -0.236 e. The number of thiophene rings is 2. The molecule has 7 heteroatoms. The highest BCUT2D eigenvalue weighted by Gasteiger charge is 2.19. The Morgan fingerprint density at radius 1 is 0.893 bits per heavy atom. The molecule has 0 atom stereocenters. The van der Waals surface area contributed by atoms with Gasteiger partial charge in [-0.15, -0.1) is 34.4 Å². The molecule has 0 saturated heterocycles. The minimum atomic E-state index is 0.804. The van der Waals surface area contributed by atoms with Crippen LogP contribution >= 0.6 is 46.2 Å². The van der Waals surface area contributed by atoms with Gasteiger partial charge in [-0.3, -0.25) is 0 Å². The number of fused-ring (bicyclic) bond motifs is 3. The molecule has 0 bridgehead atoms. The third kappa shape index (κ3) is 3.03. The van der Waals surface area contributed by atoms with E-state index in [1.807, 2.05) is 12.3 Å². The molecule has 0 radical (unpaired) electrons. The van der Waals surface area contributed by atoms with Crippen molar-refractivity contribution in [2.24, 2.45) is 0 Å². The molecule has 0 unspecified atom stereocenters. The van der Waals surface area contributed by atoms with Gasteiger partial charge in [0.1, 0.15) is 9.86 Å². The van der Waals surface area contributed by atoms with Gasteiger partial charge in [-0.1, -0.05) is 48.2 Å². The third-order valence-electron chi connectivity index (χ3n) is 4.47. The van der Waals surface area contributed by atoms with Gasteiger partial charge in [0.2, 0.25) is 0 Å². The molecule has 5 aromatic rings. The second kappa shape index (κ2) is 7.48. The van der Waals surface area contributed by atoms with Crippen LogP contribution in [0.4, 0.5) is 0 Å². The van der Waals surface area contributed by atoms with Crippen molar-refractivity contribution < 1.29 is 0 Å². The Morgan fingerprint density at radius 2 is 1.75 bits per heavy atom. The van der Waals surface area contributed by atoms with E-state index >= 15 is 0 Å².